The molecule has 0 atom stereocenters. The number of hydrogen-bond acceptors (Lipinski definition) is 1. The average molecular weight is 220 g/mol. The van der Waals surface area contributed by atoms with Crippen molar-refractivity contribution < 1.29 is 0 Å². The van der Waals surface area contributed by atoms with Crippen LogP contribution in [0.15, 0.2) is 36.4 Å². The van der Waals surface area contributed by atoms with Crippen LogP contribution in [0.5, 0.6) is 0 Å². The molecule has 0 saturated heterocycles. The number of benzene rings is 2. The van der Waals surface area contributed by atoms with E-state index in [4.69, 9.17) is 17.3 Å². The first-order valence-corrected chi connectivity index (χ1v) is 5.57. The fourth-order valence-electron chi connectivity index (χ4n) is 1.84. The highest BCUT2D eigenvalue weighted by atomic mass is 35.5. The van der Waals surface area contributed by atoms with Crippen LogP contribution in [0.25, 0.3) is 10.8 Å². The van der Waals surface area contributed by atoms with E-state index in [9.17, 15) is 0 Å². The van der Waals surface area contributed by atoms with Gasteiger partial charge >= 0.3 is 0 Å². The summed E-state index contributed by atoms with van der Waals surface area (Å²) in [5, 5.41) is 3.20. The second-order valence-corrected chi connectivity index (χ2v) is 4.05. The summed E-state index contributed by atoms with van der Waals surface area (Å²) < 4.78 is 0. The minimum Gasteiger partial charge on any atom is -0.330 e. The van der Waals surface area contributed by atoms with Crippen molar-refractivity contribution in [1.82, 2.24) is 0 Å². The average Bonchev–Trinajstić information content (AvgIpc) is 2.29. The van der Waals surface area contributed by atoms with Gasteiger partial charge in [-0.1, -0.05) is 41.9 Å². The Hall–Kier alpha value is -1.05. The van der Waals surface area contributed by atoms with Gasteiger partial charge in [-0.3, -0.25) is 0 Å². The third-order valence-electron chi connectivity index (χ3n) is 2.61. The summed E-state index contributed by atoms with van der Waals surface area (Å²) in [5.41, 5.74) is 6.86. The van der Waals surface area contributed by atoms with E-state index in [-0.39, 0.29) is 0 Å². The van der Waals surface area contributed by atoms with Crippen molar-refractivity contribution in [2.75, 3.05) is 6.54 Å². The Morgan fingerprint density at radius 3 is 2.47 bits per heavy atom. The van der Waals surface area contributed by atoms with E-state index in [0.717, 1.165) is 29.8 Å². The Kier molecular flexibility index (Phi) is 3.24. The van der Waals surface area contributed by atoms with Crippen molar-refractivity contribution in [3.8, 4) is 0 Å². The van der Waals surface area contributed by atoms with Gasteiger partial charge in [-0.2, -0.15) is 0 Å². The SMILES string of the molecule is NCCCc1ccc(Cl)c2ccccc12. The molecule has 0 fully saturated rings. The molecule has 0 aliphatic carbocycles. The highest BCUT2D eigenvalue weighted by molar-refractivity contribution is 6.35. The van der Waals surface area contributed by atoms with Gasteiger partial charge in [0.15, 0.2) is 0 Å². The summed E-state index contributed by atoms with van der Waals surface area (Å²) in [6.45, 7) is 0.733. The van der Waals surface area contributed by atoms with Crippen molar-refractivity contribution in [1.29, 1.82) is 0 Å². The Labute approximate surface area is 94.9 Å². The van der Waals surface area contributed by atoms with Crippen LogP contribution in [-0.4, -0.2) is 6.54 Å². The molecule has 0 saturated carbocycles. The van der Waals surface area contributed by atoms with E-state index in [1.807, 2.05) is 18.2 Å². The Morgan fingerprint density at radius 2 is 1.73 bits per heavy atom. The minimum atomic E-state index is 0.733. The summed E-state index contributed by atoms with van der Waals surface area (Å²) in [6.07, 6.45) is 2.04. The maximum atomic E-state index is 6.14. The number of rotatable bonds is 3. The molecule has 2 N–H and O–H groups in total. The number of aryl methyl sites for hydroxylation is 1. The van der Waals surface area contributed by atoms with Gasteiger partial charge in [0.25, 0.3) is 0 Å². The molecule has 0 bridgehead atoms. The summed E-state index contributed by atoms with van der Waals surface area (Å²) in [7, 11) is 0. The van der Waals surface area contributed by atoms with Gasteiger partial charge in [0.2, 0.25) is 0 Å². The summed E-state index contributed by atoms with van der Waals surface area (Å²) in [5.74, 6) is 0. The molecule has 0 radical (unpaired) electrons. The zero-order chi connectivity index (χ0) is 10.7. The van der Waals surface area contributed by atoms with E-state index < -0.39 is 0 Å². The third kappa shape index (κ3) is 2.14. The van der Waals surface area contributed by atoms with Crippen LogP contribution in [0, 0.1) is 0 Å². The van der Waals surface area contributed by atoms with Crippen molar-refractivity contribution in [2.24, 2.45) is 5.73 Å². The molecule has 15 heavy (non-hydrogen) atoms. The minimum absolute atomic E-state index is 0.733. The van der Waals surface area contributed by atoms with Crippen LogP contribution in [0.4, 0.5) is 0 Å². The Bertz CT molecular complexity index is 465. The summed E-state index contributed by atoms with van der Waals surface area (Å²) in [6, 6.07) is 12.3. The molecule has 0 amide bonds. The maximum Gasteiger partial charge on any atom is 0.0484 e. The van der Waals surface area contributed by atoms with Crippen LogP contribution in [0.2, 0.25) is 5.02 Å². The lowest BCUT2D eigenvalue weighted by Crippen LogP contribution is -2.00. The molecule has 0 unspecified atom stereocenters. The van der Waals surface area contributed by atoms with Gasteiger partial charge in [0.05, 0.1) is 0 Å². The molecule has 1 nitrogen and oxygen atoms in total. The molecule has 2 aromatic carbocycles. The number of nitrogens with two attached hydrogens (primary N) is 1. The predicted octanol–water partition coefficient (Wildman–Crippen LogP) is 3.38. The predicted molar refractivity (Wildman–Crippen MR) is 66.3 cm³/mol. The Balaban J connectivity index is 2.51. The van der Waals surface area contributed by atoms with Gasteiger partial charge in [-0.05, 0) is 36.4 Å². The molecule has 2 rings (SSSR count). The van der Waals surface area contributed by atoms with Gasteiger partial charge in [-0.15, -0.1) is 0 Å². The zero-order valence-electron chi connectivity index (χ0n) is 8.54. The second-order valence-electron chi connectivity index (χ2n) is 3.64. The fourth-order valence-corrected chi connectivity index (χ4v) is 2.06. The number of fused-ring (bicyclic) bond motifs is 1. The van der Waals surface area contributed by atoms with E-state index in [2.05, 4.69) is 18.2 Å². The lowest BCUT2D eigenvalue weighted by Gasteiger charge is -2.07. The van der Waals surface area contributed by atoms with Gasteiger partial charge in [-0.25, -0.2) is 0 Å². The van der Waals surface area contributed by atoms with Crippen molar-refractivity contribution in [3.63, 3.8) is 0 Å². The normalized spacial score (nSPS) is 10.8. The second kappa shape index (κ2) is 4.65. The lowest BCUT2D eigenvalue weighted by atomic mass is 10.0. The van der Waals surface area contributed by atoms with Crippen LogP contribution in [0.3, 0.4) is 0 Å². The zero-order valence-corrected chi connectivity index (χ0v) is 9.30. The molecular weight excluding hydrogens is 206 g/mol. The van der Waals surface area contributed by atoms with E-state index in [1.165, 1.54) is 10.9 Å². The van der Waals surface area contributed by atoms with E-state index in [1.54, 1.807) is 0 Å². The largest absolute Gasteiger partial charge is 0.330 e. The molecule has 0 aliphatic rings. The van der Waals surface area contributed by atoms with Crippen molar-refractivity contribution >= 4 is 22.4 Å². The van der Waals surface area contributed by atoms with Crippen LogP contribution in [0.1, 0.15) is 12.0 Å². The number of halogens is 1. The standard InChI is InChI=1S/C13H14ClN/c14-13-8-7-10(4-3-9-15)11-5-1-2-6-12(11)13/h1-2,5-8H,3-4,9,15H2. The highest BCUT2D eigenvalue weighted by Gasteiger charge is 2.03. The molecule has 0 heterocycles. The monoisotopic (exact) mass is 219 g/mol. The smallest absolute Gasteiger partial charge is 0.0484 e. The van der Waals surface area contributed by atoms with Gasteiger partial charge in [0.1, 0.15) is 0 Å². The van der Waals surface area contributed by atoms with Crippen molar-refractivity contribution in [2.45, 2.75) is 12.8 Å². The molecule has 2 heteroatoms. The van der Waals surface area contributed by atoms with Crippen LogP contribution < -0.4 is 5.73 Å². The molecular formula is C13H14ClN. The molecule has 0 aliphatic heterocycles. The van der Waals surface area contributed by atoms with Crippen LogP contribution >= 0.6 is 11.6 Å². The first-order chi connectivity index (χ1) is 7.33. The third-order valence-corrected chi connectivity index (χ3v) is 2.94. The molecule has 0 spiro atoms. The first kappa shape index (κ1) is 10.5. The molecule has 0 aromatic heterocycles. The summed E-state index contributed by atoms with van der Waals surface area (Å²) >= 11 is 6.14. The molecule has 2 aromatic rings. The maximum absolute atomic E-state index is 6.14. The van der Waals surface area contributed by atoms with Gasteiger partial charge in [0, 0.05) is 10.4 Å². The fraction of sp³-hybridized carbons (Fsp3) is 0.231. The van der Waals surface area contributed by atoms with Crippen molar-refractivity contribution in [3.05, 3.63) is 47.0 Å². The summed E-state index contributed by atoms with van der Waals surface area (Å²) in [4.78, 5) is 0. The van der Waals surface area contributed by atoms with Gasteiger partial charge < -0.3 is 5.73 Å². The topological polar surface area (TPSA) is 26.0 Å². The lowest BCUT2D eigenvalue weighted by molar-refractivity contribution is 0.837. The van der Waals surface area contributed by atoms with E-state index in [0.29, 0.717) is 0 Å². The Morgan fingerprint density at radius 1 is 1.00 bits per heavy atom. The highest BCUT2D eigenvalue weighted by Crippen LogP contribution is 2.26. The van der Waals surface area contributed by atoms with Crippen LogP contribution in [-0.2, 0) is 6.42 Å². The first-order valence-electron chi connectivity index (χ1n) is 5.19. The quantitative estimate of drug-likeness (QED) is 0.842. The number of hydrogen-bond donors (Lipinski definition) is 1. The molecule has 78 valence electrons. The van der Waals surface area contributed by atoms with E-state index >= 15 is 0 Å².